The first kappa shape index (κ1) is 29.2. The molecule has 204 valence electrons. The van der Waals surface area contributed by atoms with Gasteiger partial charge < -0.3 is 10.2 Å². The van der Waals surface area contributed by atoms with Gasteiger partial charge in [0.25, 0.3) is 0 Å². The summed E-state index contributed by atoms with van der Waals surface area (Å²) in [4.78, 5) is 25.2. The van der Waals surface area contributed by atoms with E-state index < -0.39 is 17.4 Å². The number of hydrogen-bond acceptors (Lipinski definition) is 4. The highest BCUT2D eigenvalue weighted by atomic mass is 35.5. The van der Waals surface area contributed by atoms with E-state index in [2.05, 4.69) is 5.10 Å². The summed E-state index contributed by atoms with van der Waals surface area (Å²) in [5.41, 5.74) is 1.41. The van der Waals surface area contributed by atoms with Gasteiger partial charge in [0, 0.05) is 37.8 Å². The molecule has 5 rings (SSSR count). The van der Waals surface area contributed by atoms with E-state index in [-0.39, 0.29) is 12.0 Å². The summed E-state index contributed by atoms with van der Waals surface area (Å²) in [5.74, 6) is -2.18. The molecule has 0 bridgehead atoms. The maximum atomic E-state index is 12.2. The molecular formula is C31H26Cl2N2O4S. The van der Waals surface area contributed by atoms with Crippen LogP contribution in [0.3, 0.4) is 0 Å². The first-order valence-corrected chi connectivity index (χ1v) is 13.9. The third kappa shape index (κ3) is 7.24. The summed E-state index contributed by atoms with van der Waals surface area (Å²) in [5, 5.41) is 24.6. The SMILES string of the molecule is CC1(C(=O)O)CC(C(=O)O)=CC(Sc2cc(Cl)cc(Cl)c2)=C1Cc1ccccc1.c1ccc(-n2cccn2)cc1. The molecule has 1 atom stereocenters. The average molecular weight is 594 g/mol. The minimum Gasteiger partial charge on any atom is -0.481 e. The maximum Gasteiger partial charge on any atom is 0.331 e. The van der Waals surface area contributed by atoms with E-state index in [1.54, 1.807) is 37.4 Å². The zero-order chi connectivity index (χ0) is 28.7. The number of carbonyl (C=O) groups is 2. The monoisotopic (exact) mass is 592 g/mol. The predicted molar refractivity (Wildman–Crippen MR) is 159 cm³/mol. The predicted octanol–water partition coefficient (Wildman–Crippen LogP) is 7.96. The number of carboxylic acids is 2. The topological polar surface area (TPSA) is 92.4 Å². The number of nitrogens with zero attached hydrogens (tertiary/aromatic N) is 2. The molecule has 1 aliphatic rings. The van der Waals surface area contributed by atoms with Crippen molar-refractivity contribution in [3.63, 3.8) is 0 Å². The van der Waals surface area contributed by atoms with Crippen LogP contribution in [0.4, 0.5) is 0 Å². The second-order valence-corrected chi connectivity index (χ2v) is 11.3. The third-order valence-corrected chi connectivity index (χ3v) is 7.86. The third-order valence-electron chi connectivity index (χ3n) is 6.37. The van der Waals surface area contributed by atoms with Crippen LogP contribution in [0.2, 0.25) is 10.0 Å². The Balaban J connectivity index is 0.000000278. The molecule has 0 fully saturated rings. The van der Waals surface area contributed by atoms with E-state index in [1.807, 2.05) is 77.6 Å². The Hall–Kier alpha value is -3.78. The fourth-order valence-corrected chi connectivity index (χ4v) is 6.19. The Kier molecular flexibility index (Phi) is 9.53. The van der Waals surface area contributed by atoms with Gasteiger partial charge in [-0.15, -0.1) is 0 Å². The van der Waals surface area contributed by atoms with Crippen molar-refractivity contribution in [1.82, 2.24) is 9.78 Å². The molecule has 1 unspecified atom stereocenters. The lowest BCUT2D eigenvalue weighted by Crippen LogP contribution is -2.35. The molecule has 1 aromatic heterocycles. The van der Waals surface area contributed by atoms with Crippen molar-refractivity contribution in [2.24, 2.45) is 5.41 Å². The number of para-hydroxylation sites is 1. The Labute approximate surface area is 246 Å². The number of aromatic nitrogens is 2. The summed E-state index contributed by atoms with van der Waals surface area (Å²) < 4.78 is 1.83. The Morgan fingerprint density at radius 1 is 0.950 bits per heavy atom. The summed E-state index contributed by atoms with van der Waals surface area (Å²) in [7, 11) is 0. The number of hydrogen-bond donors (Lipinski definition) is 2. The number of halogens is 2. The van der Waals surface area contributed by atoms with Gasteiger partial charge in [-0.05, 0) is 73.4 Å². The van der Waals surface area contributed by atoms with E-state index in [4.69, 9.17) is 23.2 Å². The van der Waals surface area contributed by atoms with Crippen LogP contribution < -0.4 is 0 Å². The number of rotatable bonds is 7. The molecule has 0 aliphatic heterocycles. The first-order valence-electron chi connectivity index (χ1n) is 12.3. The lowest BCUT2D eigenvalue weighted by molar-refractivity contribution is -0.146. The highest BCUT2D eigenvalue weighted by Gasteiger charge is 2.43. The van der Waals surface area contributed by atoms with Crippen molar-refractivity contribution in [3.8, 4) is 5.69 Å². The molecule has 0 amide bonds. The van der Waals surface area contributed by atoms with Crippen LogP contribution >= 0.6 is 35.0 Å². The molecule has 40 heavy (non-hydrogen) atoms. The maximum absolute atomic E-state index is 12.2. The average Bonchev–Trinajstić information content (AvgIpc) is 3.46. The van der Waals surface area contributed by atoms with Gasteiger partial charge in [0.05, 0.1) is 11.1 Å². The van der Waals surface area contributed by atoms with Crippen molar-refractivity contribution in [2.45, 2.75) is 24.7 Å². The van der Waals surface area contributed by atoms with Gasteiger partial charge >= 0.3 is 11.9 Å². The Morgan fingerprint density at radius 3 is 2.12 bits per heavy atom. The van der Waals surface area contributed by atoms with Gasteiger partial charge in [-0.1, -0.05) is 83.5 Å². The lowest BCUT2D eigenvalue weighted by Gasteiger charge is -2.33. The zero-order valence-electron chi connectivity index (χ0n) is 21.5. The van der Waals surface area contributed by atoms with E-state index in [0.717, 1.165) is 11.3 Å². The summed E-state index contributed by atoms with van der Waals surface area (Å²) in [6.45, 7) is 1.58. The highest BCUT2D eigenvalue weighted by molar-refractivity contribution is 8.03. The molecule has 1 aliphatic carbocycles. The molecule has 1 heterocycles. The van der Waals surface area contributed by atoms with Gasteiger partial charge in [-0.2, -0.15) is 5.10 Å². The quantitative estimate of drug-likeness (QED) is 0.226. The largest absolute Gasteiger partial charge is 0.481 e. The molecule has 2 N–H and O–H groups in total. The standard InChI is InChI=1S/C22H18Cl2O4S.C9H8N2/c1-22(21(27)28)12-14(20(25)26)8-19(18(22)7-13-5-3-2-4-6-13)29-17-10-15(23)9-16(24)11-17;1-2-5-9(6-3-1)11-8-4-7-10-11/h2-6,8-11H,7,12H2,1H3,(H,25,26)(H,27,28);1-8H. The second-order valence-electron chi connectivity index (χ2n) is 9.29. The van der Waals surface area contributed by atoms with E-state index in [0.29, 0.717) is 31.8 Å². The van der Waals surface area contributed by atoms with E-state index in [1.165, 1.54) is 11.8 Å². The van der Waals surface area contributed by atoms with Crippen LogP contribution in [0, 0.1) is 5.41 Å². The molecule has 9 heteroatoms. The fraction of sp³-hybridized carbons (Fsp3) is 0.129. The zero-order valence-corrected chi connectivity index (χ0v) is 23.8. The van der Waals surface area contributed by atoms with Gasteiger partial charge in [0.2, 0.25) is 0 Å². The molecule has 6 nitrogen and oxygen atoms in total. The van der Waals surface area contributed by atoms with Crippen LogP contribution in [0.1, 0.15) is 18.9 Å². The molecule has 0 saturated heterocycles. The highest BCUT2D eigenvalue weighted by Crippen LogP contribution is 2.47. The molecule has 4 aromatic rings. The van der Waals surface area contributed by atoms with Gasteiger partial charge in [-0.25, -0.2) is 9.48 Å². The van der Waals surface area contributed by atoms with Crippen LogP contribution in [0.15, 0.2) is 124 Å². The number of aliphatic carboxylic acids is 2. The number of carboxylic acid groups (broad SMARTS) is 2. The van der Waals surface area contributed by atoms with Gasteiger partial charge in [0.1, 0.15) is 0 Å². The Bertz CT molecular complexity index is 1530. The normalized spacial score (nSPS) is 16.5. The summed E-state index contributed by atoms with van der Waals surface area (Å²) >= 11 is 13.5. The van der Waals surface area contributed by atoms with Gasteiger partial charge in [-0.3, -0.25) is 4.79 Å². The first-order chi connectivity index (χ1) is 19.2. The number of benzene rings is 3. The van der Waals surface area contributed by atoms with Crippen molar-refractivity contribution in [1.29, 1.82) is 0 Å². The number of thioether (sulfide) groups is 1. The van der Waals surface area contributed by atoms with Gasteiger partial charge in [0.15, 0.2) is 0 Å². The fourth-order valence-electron chi connectivity index (χ4n) is 4.29. The minimum atomic E-state index is -1.34. The van der Waals surface area contributed by atoms with Crippen molar-refractivity contribution >= 4 is 46.9 Å². The van der Waals surface area contributed by atoms with Crippen molar-refractivity contribution in [2.75, 3.05) is 0 Å². The van der Waals surface area contributed by atoms with Crippen LogP contribution in [-0.2, 0) is 16.0 Å². The number of allylic oxidation sites excluding steroid dienone is 1. The molecule has 3 aromatic carbocycles. The molecule has 0 radical (unpaired) electrons. The smallest absolute Gasteiger partial charge is 0.331 e. The van der Waals surface area contributed by atoms with E-state index >= 15 is 0 Å². The van der Waals surface area contributed by atoms with Crippen LogP contribution in [0.5, 0.6) is 0 Å². The summed E-state index contributed by atoms with van der Waals surface area (Å²) in [6, 6.07) is 26.5. The minimum absolute atomic E-state index is 0.0577. The molecule has 0 saturated carbocycles. The van der Waals surface area contributed by atoms with Crippen molar-refractivity contribution in [3.05, 3.63) is 135 Å². The van der Waals surface area contributed by atoms with Crippen molar-refractivity contribution < 1.29 is 19.8 Å². The summed E-state index contributed by atoms with van der Waals surface area (Å²) in [6.07, 6.45) is 5.57. The van der Waals surface area contributed by atoms with Crippen LogP contribution in [-0.4, -0.2) is 31.9 Å². The van der Waals surface area contributed by atoms with E-state index in [9.17, 15) is 19.8 Å². The Morgan fingerprint density at radius 2 is 1.57 bits per heavy atom. The second kappa shape index (κ2) is 13.0. The molecular weight excluding hydrogens is 567 g/mol. The van der Waals surface area contributed by atoms with Crippen LogP contribution in [0.25, 0.3) is 5.69 Å². The molecule has 0 spiro atoms. The lowest BCUT2D eigenvalue weighted by atomic mass is 9.71.